The Hall–Kier alpha value is -3.75. The number of carbonyl (C=O) groups excluding carboxylic acids is 1. The summed E-state index contributed by atoms with van der Waals surface area (Å²) in [5, 5.41) is 4.92. The Morgan fingerprint density at radius 1 is 1.08 bits per heavy atom. The number of hydrogen-bond donors (Lipinski definition) is 1. The molecular weight excluding hydrogens is 490 g/mol. The minimum Gasteiger partial charge on any atom is -0.490 e. The molecule has 0 aliphatic carbocycles. The van der Waals surface area contributed by atoms with Gasteiger partial charge in [0.05, 0.1) is 21.9 Å². The SMILES string of the molecule is CC1=C(C(=O)Nc2ccccc2)[C@H](c2cccs2)n2c(s/c(=C\c3ccccc3OC(C)C)c2=O)=N1. The van der Waals surface area contributed by atoms with Crippen molar-refractivity contribution in [3.05, 3.63) is 114 Å². The molecule has 0 fully saturated rings. The lowest BCUT2D eigenvalue weighted by Gasteiger charge is -2.24. The first-order chi connectivity index (χ1) is 17.4. The van der Waals surface area contributed by atoms with Crippen molar-refractivity contribution in [1.29, 1.82) is 0 Å². The Labute approximate surface area is 216 Å². The highest BCUT2D eigenvalue weighted by molar-refractivity contribution is 7.10. The van der Waals surface area contributed by atoms with Gasteiger partial charge in [-0.05, 0) is 56.5 Å². The highest BCUT2D eigenvalue weighted by Gasteiger charge is 2.33. The van der Waals surface area contributed by atoms with Gasteiger partial charge in [0.2, 0.25) is 0 Å². The third kappa shape index (κ3) is 4.69. The second kappa shape index (κ2) is 10.1. The minimum atomic E-state index is -0.561. The van der Waals surface area contributed by atoms with E-state index in [2.05, 4.69) is 5.32 Å². The molecule has 5 rings (SSSR count). The first-order valence-electron chi connectivity index (χ1n) is 11.6. The van der Waals surface area contributed by atoms with Crippen molar-refractivity contribution < 1.29 is 9.53 Å². The monoisotopic (exact) mass is 515 g/mol. The first-order valence-corrected chi connectivity index (χ1v) is 13.3. The number of ether oxygens (including phenoxy) is 1. The molecule has 36 heavy (non-hydrogen) atoms. The molecule has 1 amide bonds. The fraction of sp³-hybridized carbons (Fsp3) is 0.179. The van der Waals surface area contributed by atoms with E-state index in [0.29, 0.717) is 32.0 Å². The fourth-order valence-electron chi connectivity index (χ4n) is 4.15. The molecule has 2 aromatic carbocycles. The van der Waals surface area contributed by atoms with Crippen LogP contribution in [0.1, 0.15) is 37.3 Å². The van der Waals surface area contributed by atoms with Gasteiger partial charge in [0.1, 0.15) is 11.8 Å². The summed E-state index contributed by atoms with van der Waals surface area (Å²) < 4.78 is 8.12. The molecule has 4 aromatic rings. The summed E-state index contributed by atoms with van der Waals surface area (Å²) in [6.45, 7) is 5.76. The smallest absolute Gasteiger partial charge is 0.271 e. The Bertz CT molecular complexity index is 1610. The molecule has 0 bridgehead atoms. The summed E-state index contributed by atoms with van der Waals surface area (Å²) in [5.41, 5.74) is 2.38. The normalized spacial score (nSPS) is 15.6. The van der Waals surface area contributed by atoms with Crippen LogP contribution >= 0.6 is 22.7 Å². The summed E-state index contributed by atoms with van der Waals surface area (Å²) in [6.07, 6.45) is 1.85. The second-order valence-corrected chi connectivity index (χ2v) is 10.6. The molecule has 1 N–H and O–H groups in total. The maximum Gasteiger partial charge on any atom is 0.271 e. The van der Waals surface area contributed by atoms with E-state index in [9.17, 15) is 9.59 Å². The van der Waals surface area contributed by atoms with Crippen LogP contribution in [0, 0.1) is 0 Å². The van der Waals surface area contributed by atoms with Gasteiger partial charge >= 0.3 is 0 Å². The lowest BCUT2D eigenvalue weighted by molar-refractivity contribution is -0.113. The van der Waals surface area contributed by atoms with Gasteiger partial charge in [0.25, 0.3) is 11.5 Å². The molecule has 0 saturated carbocycles. The molecule has 182 valence electrons. The third-order valence-corrected chi connectivity index (χ3v) is 7.59. The number of aromatic nitrogens is 1. The lowest BCUT2D eigenvalue weighted by atomic mass is 10.0. The van der Waals surface area contributed by atoms with Crippen LogP contribution in [0.5, 0.6) is 5.75 Å². The number of rotatable bonds is 6. The van der Waals surface area contributed by atoms with Gasteiger partial charge in [-0.25, -0.2) is 4.99 Å². The molecule has 0 saturated heterocycles. The van der Waals surface area contributed by atoms with E-state index in [-0.39, 0.29) is 17.6 Å². The second-order valence-electron chi connectivity index (χ2n) is 8.62. The number of anilines is 1. The van der Waals surface area contributed by atoms with Crippen LogP contribution in [-0.2, 0) is 4.79 Å². The lowest BCUT2D eigenvalue weighted by Crippen LogP contribution is -2.40. The van der Waals surface area contributed by atoms with Crippen molar-refractivity contribution in [2.45, 2.75) is 32.9 Å². The van der Waals surface area contributed by atoms with Crippen molar-refractivity contribution in [2.75, 3.05) is 5.32 Å². The number of carbonyl (C=O) groups is 1. The Morgan fingerprint density at radius 2 is 1.83 bits per heavy atom. The fourth-order valence-corrected chi connectivity index (χ4v) is 6.01. The van der Waals surface area contributed by atoms with Gasteiger partial charge in [-0.2, -0.15) is 0 Å². The number of nitrogens with zero attached hydrogens (tertiary/aromatic N) is 2. The molecule has 1 aliphatic rings. The number of hydrogen-bond acceptors (Lipinski definition) is 6. The summed E-state index contributed by atoms with van der Waals surface area (Å²) in [6, 6.07) is 20.3. The van der Waals surface area contributed by atoms with Crippen molar-refractivity contribution in [3.8, 4) is 5.75 Å². The summed E-state index contributed by atoms with van der Waals surface area (Å²) >= 11 is 2.83. The van der Waals surface area contributed by atoms with E-state index in [1.54, 1.807) is 4.57 Å². The predicted octanol–water partition coefficient (Wildman–Crippen LogP) is 4.72. The van der Waals surface area contributed by atoms with E-state index >= 15 is 0 Å². The Kier molecular flexibility index (Phi) is 6.71. The minimum absolute atomic E-state index is 0.00734. The Morgan fingerprint density at radius 3 is 2.56 bits per heavy atom. The van der Waals surface area contributed by atoms with Crippen molar-refractivity contribution in [2.24, 2.45) is 4.99 Å². The van der Waals surface area contributed by atoms with Gasteiger partial charge < -0.3 is 10.1 Å². The summed E-state index contributed by atoms with van der Waals surface area (Å²) in [4.78, 5) is 33.4. The number of benzene rings is 2. The van der Waals surface area contributed by atoms with E-state index in [1.165, 1.54) is 22.7 Å². The highest BCUT2D eigenvalue weighted by atomic mass is 32.1. The molecular formula is C28H25N3O3S2. The van der Waals surface area contributed by atoms with Crippen molar-refractivity contribution >= 4 is 40.3 Å². The zero-order valence-corrected chi connectivity index (χ0v) is 21.7. The topological polar surface area (TPSA) is 72.7 Å². The number of fused-ring (bicyclic) bond motifs is 1. The molecule has 8 heteroatoms. The van der Waals surface area contributed by atoms with Crippen LogP contribution in [0.3, 0.4) is 0 Å². The maximum atomic E-state index is 13.8. The molecule has 0 radical (unpaired) electrons. The Balaban J connectivity index is 1.64. The zero-order chi connectivity index (χ0) is 25.2. The van der Waals surface area contributed by atoms with Crippen LogP contribution in [0.4, 0.5) is 5.69 Å². The van der Waals surface area contributed by atoms with Gasteiger partial charge in [-0.1, -0.05) is 53.8 Å². The average molecular weight is 516 g/mol. The first kappa shape index (κ1) is 24.0. The van der Waals surface area contributed by atoms with Crippen molar-refractivity contribution in [1.82, 2.24) is 4.57 Å². The number of para-hydroxylation sites is 2. The number of nitrogens with one attached hydrogen (secondary N) is 1. The van der Waals surface area contributed by atoms with E-state index in [4.69, 9.17) is 9.73 Å². The number of thiazole rings is 1. The van der Waals surface area contributed by atoms with Gasteiger partial charge in [0.15, 0.2) is 4.80 Å². The third-order valence-electron chi connectivity index (χ3n) is 5.68. The van der Waals surface area contributed by atoms with Crippen LogP contribution in [0.25, 0.3) is 6.08 Å². The molecule has 6 nitrogen and oxygen atoms in total. The molecule has 3 heterocycles. The van der Waals surface area contributed by atoms with Gasteiger partial charge in [-0.3, -0.25) is 14.2 Å². The summed E-state index contributed by atoms with van der Waals surface area (Å²) in [7, 11) is 0. The molecule has 2 aromatic heterocycles. The number of allylic oxidation sites excluding steroid dienone is 1. The largest absolute Gasteiger partial charge is 0.490 e. The predicted molar refractivity (Wildman–Crippen MR) is 145 cm³/mol. The van der Waals surface area contributed by atoms with E-state index in [0.717, 1.165) is 10.4 Å². The maximum absolute atomic E-state index is 13.8. The molecule has 1 atom stereocenters. The van der Waals surface area contributed by atoms with Gasteiger partial charge in [0, 0.05) is 16.1 Å². The van der Waals surface area contributed by atoms with Gasteiger partial charge in [-0.15, -0.1) is 11.3 Å². The zero-order valence-electron chi connectivity index (χ0n) is 20.1. The summed E-state index contributed by atoms with van der Waals surface area (Å²) in [5.74, 6) is 0.443. The standard InChI is InChI=1S/C28H25N3O3S2/c1-17(2)34-21-13-8-7-10-19(21)16-23-27(33)31-25(22-14-9-15-35-22)24(18(3)29-28(31)36-23)26(32)30-20-11-5-4-6-12-20/h4-17,25H,1-3H3,(H,30,32)/b23-16-/t25-/m0/s1. The van der Waals surface area contributed by atoms with Crippen LogP contribution in [-0.4, -0.2) is 16.6 Å². The molecule has 0 unspecified atom stereocenters. The number of amides is 1. The highest BCUT2D eigenvalue weighted by Crippen LogP contribution is 2.33. The van der Waals surface area contributed by atoms with Crippen LogP contribution < -0.4 is 24.9 Å². The van der Waals surface area contributed by atoms with E-state index in [1.807, 2.05) is 99.0 Å². The molecule has 1 aliphatic heterocycles. The van der Waals surface area contributed by atoms with Crippen molar-refractivity contribution in [3.63, 3.8) is 0 Å². The quantitative estimate of drug-likeness (QED) is 0.404. The van der Waals surface area contributed by atoms with Crippen LogP contribution in [0.2, 0.25) is 0 Å². The van der Waals surface area contributed by atoms with E-state index < -0.39 is 6.04 Å². The molecule has 0 spiro atoms. The van der Waals surface area contributed by atoms with Crippen LogP contribution in [0.15, 0.2) is 93.2 Å². The number of thiophene rings is 1. The average Bonchev–Trinajstić information content (AvgIpc) is 3.48.